The molecule has 0 aliphatic carbocycles. The van der Waals surface area contributed by atoms with Gasteiger partial charge in [0.1, 0.15) is 11.5 Å². The second kappa shape index (κ2) is 7.91. The highest BCUT2D eigenvalue weighted by Crippen LogP contribution is 2.31. The molecule has 31 heavy (non-hydrogen) atoms. The van der Waals surface area contributed by atoms with E-state index in [4.69, 9.17) is 4.98 Å². The minimum absolute atomic E-state index is 0.668. The van der Waals surface area contributed by atoms with Crippen molar-refractivity contribution in [3.8, 4) is 22.4 Å². The van der Waals surface area contributed by atoms with Crippen LogP contribution in [0.4, 0.5) is 11.6 Å². The van der Waals surface area contributed by atoms with Crippen molar-refractivity contribution < 1.29 is 0 Å². The van der Waals surface area contributed by atoms with Gasteiger partial charge in [-0.25, -0.2) is 4.98 Å². The Labute approximate surface area is 179 Å². The van der Waals surface area contributed by atoms with E-state index in [9.17, 15) is 0 Å². The molecule has 0 aliphatic heterocycles. The van der Waals surface area contributed by atoms with Crippen LogP contribution in [0.1, 0.15) is 12.5 Å². The Kier molecular flexibility index (Phi) is 4.80. The van der Waals surface area contributed by atoms with Gasteiger partial charge in [-0.3, -0.25) is 14.6 Å². The Morgan fingerprint density at radius 2 is 1.90 bits per heavy atom. The van der Waals surface area contributed by atoms with E-state index in [1.165, 1.54) is 0 Å². The van der Waals surface area contributed by atoms with E-state index in [2.05, 4.69) is 37.5 Å². The summed E-state index contributed by atoms with van der Waals surface area (Å²) in [6, 6.07) is 11.7. The smallest absolute Gasteiger partial charge is 0.154 e. The minimum Gasteiger partial charge on any atom is -0.323 e. The third-order valence-electron chi connectivity index (χ3n) is 4.99. The molecule has 0 saturated heterocycles. The molecule has 0 aromatic carbocycles. The van der Waals surface area contributed by atoms with Crippen LogP contribution in [0.15, 0.2) is 67.4 Å². The fourth-order valence-corrected chi connectivity index (χ4v) is 3.43. The van der Waals surface area contributed by atoms with Gasteiger partial charge < -0.3 is 5.32 Å². The predicted octanol–water partition coefficient (Wildman–Crippen LogP) is 4.19. The van der Waals surface area contributed by atoms with Crippen molar-refractivity contribution in [2.45, 2.75) is 13.3 Å². The fraction of sp³-hybridized carbons (Fsp3) is 0.130. The molecule has 0 unspecified atom stereocenters. The fourth-order valence-electron chi connectivity index (χ4n) is 3.43. The molecule has 0 fully saturated rings. The lowest BCUT2D eigenvalue weighted by molar-refractivity contribution is 0.771. The molecule has 0 spiro atoms. The lowest BCUT2D eigenvalue weighted by Crippen LogP contribution is -1.99. The Morgan fingerprint density at radius 1 is 0.968 bits per heavy atom. The maximum absolute atomic E-state index is 4.74. The highest BCUT2D eigenvalue weighted by molar-refractivity contribution is 5.86. The zero-order valence-corrected chi connectivity index (χ0v) is 17.2. The number of aromatic nitrogens is 7. The third kappa shape index (κ3) is 3.83. The van der Waals surface area contributed by atoms with Gasteiger partial charge in [0.25, 0.3) is 0 Å². The number of hydrogen-bond acceptors (Lipinski definition) is 7. The first-order chi connectivity index (χ1) is 15.2. The van der Waals surface area contributed by atoms with E-state index in [0.717, 1.165) is 45.4 Å². The van der Waals surface area contributed by atoms with Crippen molar-refractivity contribution in [2.24, 2.45) is 7.05 Å². The van der Waals surface area contributed by atoms with Crippen LogP contribution in [0.25, 0.3) is 33.4 Å². The molecule has 0 amide bonds. The number of nitrogens with one attached hydrogen (secondary N) is 1. The largest absolute Gasteiger partial charge is 0.323 e. The van der Waals surface area contributed by atoms with Crippen LogP contribution in [0.5, 0.6) is 0 Å². The molecular weight excluding hydrogens is 388 g/mol. The Balaban J connectivity index is 1.53. The number of aryl methyl sites for hydroxylation is 2. The summed E-state index contributed by atoms with van der Waals surface area (Å²) in [6.45, 7) is 2.08. The summed E-state index contributed by atoms with van der Waals surface area (Å²) in [6.07, 6.45) is 10.1. The number of anilines is 2. The van der Waals surface area contributed by atoms with E-state index in [1.807, 2.05) is 62.0 Å². The molecule has 0 bridgehead atoms. The second-order valence-corrected chi connectivity index (χ2v) is 7.19. The third-order valence-corrected chi connectivity index (χ3v) is 4.99. The van der Waals surface area contributed by atoms with Crippen molar-refractivity contribution in [1.82, 2.24) is 34.9 Å². The van der Waals surface area contributed by atoms with Crippen molar-refractivity contribution in [2.75, 3.05) is 5.32 Å². The molecule has 0 saturated carbocycles. The number of pyridine rings is 3. The minimum atomic E-state index is 0.668. The number of hydrogen-bond donors (Lipinski definition) is 1. The maximum atomic E-state index is 4.74. The zero-order chi connectivity index (χ0) is 21.2. The molecule has 0 aliphatic rings. The summed E-state index contributed by atoms with van der Waals surface area (Å²) in [5.41, 5.74) is 6.44. The van der Waals surface area contributed by atoms with Crippen LogP contribution in [0.3, 0.4) is 0 Å². The molecule has 0 radical (unpaired) electrons. The maximum Gasteiger partial charge on any atom is 0.154 e. The lowest BCUT2D eigenvalue weighted by atomic mass is 10.0. The van der Waals surface area contributed by atoms with Crippen molar-refractivity contribution >= 4 is 22.7 Å². The number of nitrogens with zero attached hydrogens (tertiary/aromatic N) is 7. The molecular formula is C23H20N8. The first-order valence-electron chi connectivity index (χ1n) is 9.99. The highest BCUT2D eigenvalue weighted by atomic mass is 15.3. The molecule has 8 heteroatoms. The zero-order valence-electron chi connectivity index (χ0n) is 17.2. The Morgan fingerprint density at radius 3 is 2.74 bits per heavy atom. The van der Waals surface area contributed by atoms with Gasteiger partial charge in [-0.1, -0.05) is 6.92 Å². The highest BCUT2D eigenvalue weighted by Gasteiger charge is 2.14. The van der Waals surface area contributed by atoms with Crippen LogP contribution >= 0.6 is 0 Å². The van der Waals surface area contributed by atoms with Gasteiger partial charge in [0.2, 0.25) is 0 Å². The van der Waals surface area contributed by atoms with Crippen LogP contribution in [-0.4, -0.2) is 34.9 Å². The molecule has 152 valence electrons. The van der Waals surface area contributed by atoms with Gasteiger partial charge in [0.05, 0.1) is 17.2 Å². The van der Waals surface area contributed by atoms with Crippen molar-refractivity contribution in [3.63, 3.8) is 0 Å². The first-order valence-corrected chi connectivity index (χ1v) is 9.99. The monoisotopic (exact) mass is 408 g/mol. The standard InChI is InChI=1S/C23H20N8/c1-3-15-9-22(29-26-11-15)28-21-7-6-19-20(27-21)10-17(13-25-19)18-14-31(2)30-23(18)16-5-4-8-24-12-16/h4-14H,3H2,1-2H3,(H,27,28,29). The normalized spacial score (nSPS) is 11.0. The number of fused-ring (bicyclic) bond motifs is 1. The Hall–Kier alpha value is -4.20. The average molecular weight is 408 g/mol. The van der Waals surface area contributed by atoms with E-state index in [1.54, 1.807) is 17.1 Å². The SMILES string of the molecule is CCc1cnnc(Nc2ccc3ncc(-c4cn(C)nc4-c4cccnc4)cc3n2)c1. The quantitative estimate of drug-likeness (QED) is 0.466. The van der Waals surface area contributed by atoms with Gasteiger partial charge in [-0.05, 0) is 48.4 Å². The molecule has 5 rings (SSSR count). The van der Waals surface area contributed by atoms with Crippen LogP contribution < -0.4 is 5.32 Å². The second-order valence-electron chi connectivity index (χ2n) is 7.19. The Bertz CT molecular complexity index is 1360. The molecule has 0 atom stereocenters. The molecule has 5 aromatic rings. The summed E-state index contributed by atoms with van der Waals surface area (Å²) in [7, 11) is 1.91. The summed E-state index contributed by atoms with van der Waals surface area (Å²) >= 11 is 0. The average Bonchev–Trinajstić information content (AvgIpc) is 3.21. The van der Waals surface area contributed by atoms with Crippen molar-refractivity contribution in [3.05, 3.63) is 72.9 Å². The van der Waals surface area contributed by atoms with E-state index in [-0.39, 0.29) is 0 Å². The number of rotatable bonds is 5. The predicted molar refractivity (Wildman–Crippen MR) is 120 cm³/mol. The summed E-state index contributed by atoms with van der Waals surface area (Å²) in [5, 5.41) is 16.0. The van der Waals surface area contributed by atoms with E-state index >= 15 is 0 Å². The molecule has 5 aromatic heterocycles. The van der Waals surface area contributed by atoms with Crippen LogP contribution in [0.2, 0.25) is 0 Å². The van der Waals surface area contributed by atoms with Gasteiger partial charge in [0, 0.05) is 48.5 Å². The van der Waals surface area contributed by atoms with Crippen molar-refractivity contribution in [1.29, 1.82) is 0 Å². The topological polar surface area (TPSA) is 94.3 Å². The first kappa shape index (κ1) is 18.8. The van der Waals surface area contributed by atoms with Gasteiger partial charge in [-0.15, -0.1) is 5.10 Å². The summed E-state index contributed by atoms with van der Waals surface area (Å²) in [4.78, 5) is 13.6. The molecule has 8 nitrogen and oxygen atoms in total. The molecule has 5 heterocycles. The van der Waals surface area contributed by atoms with E-state index in [0.29, 0.717) is 11.6 Å². The van der Waals surface area contributed by atoms with Crippen LogP contribution in [-0.2, 0) is 13.5 Å². The summed E-state index contributed by atoms with van der Waals surface area (Å²) in [5.74, 6) is 1.36. The van der Waals surface area contributed by atoms with Crippen LogP contribution in [0, 0.1) is 0 Å². The summed E-state index contributed by atoms with van der Waals surface area (Å²) < 4.78 is 1.80. The molecule has 1 N–H and O–H groups in total. The van der Waals surface area contributed by atoms with Gasteiger partial charge in [-0.2, -0.15) is 10.2 Å². The van der Waals surface area contributed by atoms with E-state index < -0.39 is 0 Å². The van der Waals surface area contributed by atoms with Gasteiger partial charge >= 0.3 is 0 Å². The van der Waals surface area contributed by atoms with Gasteiger partial charge in [0.15, 0.2) is 5.82 Å². The lowest BCUT2D eigenvalue weighted by Gasteiger charge is -2.07.